The number of nitrogens with two attached hydrogens (primary N) is 1. The van der Waals surface area contributed by atoms with E-state index in [2.05, 4.69) is 15.0 Å². The SMILES string of the molecule is NC(c1cnccn1)c1ccncc1F. The molecule has 0 aliphatic carbocycles. The molecule has 0 saturated carbocycles. The first-order chi connectivity index (χ1) is 7.29. The number of rotatable bonds is 2. The molecule has 0 radical (unpaired) electrons. The van der Waals surface area contributed by atoms with Crippen LogP contribution in [0.4, 0.5) is 4.39 Å². The molecule has 15 heavy (non-hydrogen) atoms. The quantitative estimate of drug-likeness (QED) is 0.794. The standard InChI is InChI=1S/C10H9FN4/c11-8-5-13-2-1-7(8)10(12)9-6-14-3-4-15-9/h1-6,10H,12H2. The molecule has 0 bridgehead atoms. The van der Waals surface area contributed by atoms with Gasteiger partial charge in [0.05, 0.1) is 24.1 Å². The van der Waals surface area contributed by atoms with Gasteiger partial charge in [0.2, 0.25) is 0 Å². The molecule has 0 spiro atoms. The number of halogens is 1. The molecule has 0 saturated heterocycles. The van der Waals surface area contributed by atoms with Crippen molar-refractivity contribution in [3.05, 3.63) is 54.1 Å². The average Bonchev–Trinajstić information content (AvgIpc) is 2.30. The lowest BCUT2D eigenvalue weighted by atomic mass is 10.1. The van der Waals surface area contributed by atoms with Crippen LogP contribution in [0.1, 0.15) is 17.3 Å². The van der Waals surface area contributed by atoms with E-state index < -0.39 is 11.9 Å². The van der Waals surface area contributed by atoms with Crippen molar-refractivity contribution in [2.75, 3.05) is 0 Å². The van der Waals surface area contributed by atoms with E-state index in [1.54, 1.807) is 6.20 Å². The first-order valence-corrected chi connectivity index (χ1v) is 4.40. The average molecular weight is 204 g/mol. The van der Waals surface area contributed by atoms with Crippen LogP contribution in [0.25, 0.3) is 0 Å². The predicted molar refractivity (Wildman–Crippen MR) is 52.3 cm³/mol. The van der Waals surface area contributed by atoms with Crippen molar-refractivity contribution in [1.82, 2.24) is 15.0 Å². The van der Waals surface area contributed by atoms with E-state index in [0.717, 1.165) is 6.20 Å². The monoisotopic (exact) mass is 204 g/mol. The molecular weight excluding hydrogens is 195 g/mol. The van der Waals surface area contributed by atoms with E-state index in [1.807, 2.05) is 0 Å². The van der Waals surface area contributed by atoms with Crippen LogP contribution in [-0.4, -0.2) is 15.0 Å². The maximum absolute atomic E-state index is 13.3. The van der Waals surface area contributed by atoms with Gasteiger partial charge in [0, 0.05) is 24.2 Å². The molecule has 0 aliphatic heterocycles. The zero-order valence-corrected chi connectivity index (χ0v) is 7.84. The highest BCUT2D eigenvalue weighted by Gasteiger charge is 2.14. The minimum absolute atomic E-state index is 0.366. The summed E-state index contributed by atoms with van der Waals surface area (Å²) in [7, 11) is 0. The second-order valence-corrected chi connectivity index (χ2v) is 3.01. The lowest BCUT2D eigenvalue weighted by molar-refractivity contribution is 0.590. The number of hydrogen-bond acceptors (Lipinski definition) is 4. The van der Waals surface area contributed by atoms with Crippen molar-refractivity contribution in [3.8, 4) is 0 Å². The van der Waals surface area contributed by atoms with Gasteiger partial charge in [0.1, 0.15) is 5.82 Å². The van der Waals surface area contributed by atoms with Crippen LogP contribution in [0.15, 0.2) is 37.1 Å². The summed E-state index contributed by atoms with van der Waals surface area (Å²) in [6.45, 7) is 0. The van der Waals surface area contributed by atoms with Crippen LogP contribution < -0.4 is 5.73 Å². The molecule has 0 amide bonds. The summed E-state index contributed by atoms with van der Waals surface area (Å²) in [5.41, 5.74) is 6.74. The van der Waals surface area contributed by atoms with Gasteiger partial charge in [-0.3, -0.25) is 15.0 Å². The Bertz CT molecular complexity index is 446. The Morgan fingerprint density at radius 3 is 2.60 bits per heavy atom. The second-order valence-electron chi connectivity index (χ2n) is 3.01. The molecule has 76 valence electrons. The summed E-state index contributed by atoms with van der Waals surface area (Å²) in [5, 5.41) is 0. The number of aromatic nitrogens is 3. The summed E-state index contributed by atoms with van der Waals surface area (Å²) in [6.07, 6.45) is 7.21. The molecule has 2 aromatic rings. The maximum Gasteiger partial charge on any atom is 0.146 e. The fourth-order valence-electron chi connectivity index (χ4n) is 1.27. The third kappa shape index (κ3) is 1.97. The fraction of sp³-hybridized carbons (Fsp3) is 0.100. The summed E-state index contributed by atoms with van der Waals surface area (Å²) in [5.74, 6) is -0.435. The number of hydrogen-bond donors (Lipinski definition) is 1. The van der Waals surface area contributed by atoms with Gasteiger partial charge < -0.3 is 5.73 Å². The molecule has 2 heterocycles. The van der Waals surface area contributed by atoms with Gasteiger partial charge in [0.15, 0.2) is 0 Å². The van der Waals surface area contributed by atoms with Crippen LogP contribution in [0.3, 0.4) is 0 Å². The van der Waals surface area contributed by atoms with Crippen LogP contribution in [-0.2, 0) is 0 Å². The van der Waals surface area contributed by atoms with Crippen molar-refractivity contribution in [3.63, 3.8) is 0 Å². The molecule has 4 nitrogen and oxygen atoms in total. The molecule has 1 unspecified atom stereocenters. The topological polar surface area (TPSA) is 64.7 Å². The predicted octanol–water partition coefficient (Wildman–Crippen LogP) is 1.06. The largest absolute Gasteiger partial charge is 0.319 e. The lowest BCUT2D eigenvalue weighted by Crippen LogP contribution is -2.15. The van der Waals surface area contributed by atoms with E-state index in [1.165, 1.54) is 24.7 Å². The number of pyridine rings is 1. The molecule has 0 aliphatic rings. The van der Waals surface area contributed by atoms with Crippen LogP contribution in [0, 0.1) is 5.82 Å². The smallest absolute Gasteiger partial charge is 0.146 e. The first kappa shape index (κ1) is 9.67. The van der Waals surface area contributed by atoms with Gasteiger partial charge in [-0.2, -0.15) is 0 Å². The van der Waals surface area contributed by atoms with Gasteiger partial charge in [0.25, 0.3) is 0 Å². The maximum atomic E-state index is 13.3. The van der Waals surface area contributed by atoms with Crippen molar-refractivity contribution >= 4 is 0 Å². The van der Waals surface area contributed by atoms with E-state index in [-0.39, 0.29) is 0 Å². The summed E-state index contributed by atoms with van der Waals surface area (Å²) in [6, 6.07) is 0.927. The zero-order chi connectivity index (χ0) is 10.7. The van der Waals surface area contributed by atoms with Crippen molar-refractivity contribution < 1.29 is 4.39 Å². The van der Waals surface area contributed by atoms with Gasteiger partial charge in [-0.25, -0.2) is 4.39 Å². The van der Waals surface area contributed by atoms with Gasteiger partial charge in [-0.15, -0.1) is 0 Å². The summed E-state index contributed by atoms with van der Waals surface area (Å²) < 4.78 is 13.3. The fourth-order valence-corrected chi connectivity index (χ4v) is 1.27. The van der Waals surface area contributed by atoms with Gasteiger partial charge in [-0.05, 0) is 6.07 Å². The number of nitrogens with zero attached hydrogens (tertiary/aromatic N) is 3. The van der Waals surface area contributed by atoms with E-state index in [0.29, 0.717) is 11.3 Å². The van der Waals surface area contributed by atoms with E-state index >= 15 is 0 Å². The second kappa shape index (κ2) is 4.10. The molecule has 2 N–H and O–H groups in total. The Kier molecular flexibility index (Phi) is 2.64. The molecule has 0 fully saturated rings. The van der Waals surface area contributed by atoms with Crippen LogP contribution in [0.5, 0.6) is 0 Å². The highest BCUT2D eigenvalue weighted by atomic mass is 19.1. The minimum Gasteiger partial charge on any atom is -0.319 e. The molecule has 2 rings (SSSR count). The summed E-state index contributed by atoms with van der Waals surface area (Å²) in [4.78, 5) is 11.6. The van der Waals surface area contributed by atoms with E-state index in [4.69, 9.17) is 5.73 Å². The Morgan fingerprint density at radius 2 is 1.93 bits per heavy atom. The van der Waals surface area contributed by atoms with Crippen molar-refractivity contribution in [2.24, 2.45) is 5.73 Å². The van der Waals surface area contributed by atoms with E-state index in [9.17, 15) is 4.39 Å². The zero-order valence-electron chi connectivity index (χ0n) is 7.84. The molecule has 0 aromatic carbocycles. The lowest BCUT2D eigenvalue weighted by Gasteiger charge is -2.10. The Morgan fingerprint density at radius 1 is 1.13 bits per heavy atom. The third-order valence-electron chi connectivity index (χ3n) is 2.04. The van der Waals surface area contributed by atoms with Crippen LogP contribution >= 0.6 is 0 Å². The van der Waals surface area contributed by atoms with Gasteiger partial charge >= 0.3 is 0 Å². The highest BCUT2D eigenvalue weighted by Crippen LogP contribution is 2.18. The third-order valence-corrected chi connectivity index (χ3v) is 2.04. The van der Waals surface area contributed by atoms with Crippen LogP contribution in [0.2, 0.25) is 0 Å². The normalized spacial score (nSPS) is 12.4. The van der Waals surface area contributed by atoms with Gasteiger partial charge in [-0.1, -0.05) is 0 Å². The molecule has 2 aromatic heterocycles. The Labute approximate surface area is 86.0 Å². The summed E-state index contributed by atoms with van der Waals surface area (Å²) >= 11 is 0. The molecule has 1 atom stereocenters. The first-order valence-electron chi connectivity index (χ1n) is 4.40. The molecular formula is C10H9FN4. The Balaban J connectivity index is 2.37. The van der Waals surface area contributed by atoms with Crippen molar-refractivity contribution in [1.29, 1.82) is 0 Å². The molecule has 5 heteroatoms. The van der Waals surface area contributed by atoms with Crippen molar-refractivity contribution in [2.45, 2.75) is 6.04 Å². The Hall–Kier alpha value is -1.88. The highest BCUT2D eigenvalue weighted by molar-refractivity contribution is 5.24. The minimum atomic E-state index is -0.610.